The summed E-state index contributed by atoms with van der Waals surface area (Å²) in [5, 5.41) is 0. The van der Waals surface area contributed by atoms with Crippen LogP contribution in [-0.4, -0.2) is 10.5 Å². The van der Waals surface area contributed by atoms with Gasteiger partial charge in [-0.3, -0.25) is 4.79 Å². The second-order valence-electron chi connectivity index (χ2n) is 3.31. The van der Waals surface area contributed by atoms with E-state index in [2.05, 4.69) is 24.5 Å². The molecule has 0 saturated heterocycles. The SMILES string of the molecule is CCn1c(C)cc(/C=C\C(N)=O)c1C. The van der Waals surface area contributed by atoms with Crippen LogP contribution < -0.4 is 5.73 Å². The molecule has 0 aromatic carbocycles. The van der Waals surface area contributed by atoms with Crippen LogP contribution >= 0.6 is 0 Å². The molecule has 0 saturated carbocycles. The Bertz CT molecular complexity index is 375. The van der Waals surface area contributed by atoms with Crippen LogP contribution in [0.3, 0.4) is 0 Å². The summed E-state index contributed by atoms with van der Waals surface area (Å²) >= 11 is 0. The van der Waals surface area contributed by atoms with Gasteiger partial charge >= 0.3 is 0 Å². The predicted octanol–water partition coefficient (Wildman–Crippen LogP) is 1.62. The Labute approximate surface area is 84.2 Å². The van der Waals surface area contributed by atoms with Crippen LogP contribution in [0.4, 0.5) is 0 Å². The minimum absolute atomic E-state index is 0.411. The molecule has 1 amide bonds. The molecule has 0 aliphatic carbocycles. The number of carbonyl (C=O) groups excluding carboxylic acids is 1. The Kier molecular flexibility index (Phi) is 3.12. The zero-order valence-electron chi connectivity index (χ0n) is 8.87. The molecule has 3 heteroatoms. The van der Waals surface area contributed by atoms with Crippen LogP contribution in [0.25, 0.3) is 6.08 Å². The van der Waals surface area contributed by atoms with Gasteiger partial charge in [-0.25, -0.2) is 0 Å². The number of amides is 1. The molecule has 76 valence electrons. The molecule has 14 heavy (non-hydrogen) atoms. The maximum atomic E-state index is 10.6. The normalized spacial score (nSPS) is 11.1. The lowest BCUT2D eigenvalue weighted by Gasteiger charge is -2.04. The number of nitrogens with two attached hydrogens (primary N) is 1. The molecule has 0 atom stereocenters. The van der Waals surface area contributed by atoms with Crippen molar-refractivity contribution in [2.24, 2.45) is 5.73 Å². The van der Waals surface area contributed by atoms with Gasteiger partial charge in [-0.05, 0) is 38.5 Å². The van der Waals surface area contributed by atoms with Gasteiger partial charge in [-0.1, -0.05) is 0 Å². The van der Waals surface area contributed by atoms with Gasteiger partial charge in [0.05, 0.1) is 0 Å². The Balaban J connectivity index is 3.05. The van der Waals surface area contributed by atoms with Gasteiger partial charge in [0.25, 0.3) is 0 Å². The zero-order chi connectivity index (χ0) is 10.7. The van der Waals surface area contributed by atoms with E-state index in [1.54, 1.807) is 6.08 Å². The molecule has 0 bridgehead atoms. The minimum atomic E-state index is -0.411. The number of hydrogen-bond acceptors (Lipinski definition) is 1. The summed E-state index contributed by atoms with van der Waals surface area (Å²) in [5.41, 5.74) is 8.47. The van der Waals surface area contributed by atoms with E-state index >= 15 is 0 Å². The topological polar surface area (TPSA) is 48.0 Å². The lowest BCUT2D eigenvalue weighted by molar-refractivity contribution is -0.113. The predicted molar refractivity (Wildman–Crippen MR) is 57.8 cm³/mol. The Hall–Kier alpha value is -1.51. The van der Waals surface area contributed by atoms with Crippen molar-refractivity contribution in [1.82, 2.24) is 4.57 Å². The molecule has 1 aromatic rings. The number of primary amides is 1. The van der Waals surface area contributed by atoms with Crippen molar-refractivity contribution in [3.05, 3.63) is 29.1 Å². The molecule has 0 spiro atoms. The highest BCUT2D eigenvalue weighted by Crippen LogP contribution is 2.16. The Morgan fingerprint density at radius 2 is 2.21 bits per heavy atom. The lowest BCUT2D eigenvalue weighted by Crippen LogP contribution is -2.05. The van der Waals surface area contributed by atoms with E-state index in [1.807, 2.05) is 6.92 Å². The first-order chi connectivity index (χ1) is 6.56. The number of hydrogen-bond donors (Lipinski definition) is 1. The van der Waals surface area contributed by atoms with Crippen molar-refractivity contribution < 1.29 is 4.79 Å². The van der Waals surface area contributed by atoms with Crippen LogP contribution in [0, 0.1) is 13.8 Å². The number of nitrogens with zero attached hydrogens (tertiary/aromatic N) is 1. The monoisotopic (exact) mass is 192 g/mol. The van der Waals surface area contributed by atoms with E-state index in [0.29, 0.717) is 0 Å². The molecular weight excluding hydrogens is 176 g/mol. The molecule has 0 radical (unpaired) electrons. The van der Waals surface area contributed by atoms with Crippen LogP contribution in [0.1, 0.15) is 23.9 Å². The third-order valence-electron chi connectivity index (χ3n) is 2.36. The third-order valence-corrected chi connectivity index (χ3v) is 2.36. The van der Waals surface area contributed by atoms with Crippen LogP contribution in [-0.2, 0) is 11.3 Å². The second-order valence-corrected chi connectivity index (χ2v) is 3.31. The molecule has 1 aromatic heterocycles. The van der Waals surface area contributed by atoms with E-state index in [-0.39, 0.29) is 0 Å². The van der Waals surface area contributed by atoms with Crippen molar-refractivity contribution in [2.45, 2.75) is 27.3 Å². The van der Waals surface area contributed by atoms with Gasteiger partial charge in [-0.2, -0.15) is 0 Å². The average molecular weight is 192 g/mol. The first kappa shape index (κ1) is 10.6. The van der Waals surface area contributed by atoms with Crippen molar-refractivity contribution >= 4 is 12.0 Å². The molecule has 3 nitrogen and oxygen atoms in total. The van der Waals surface area contributed by atoms with Gasteiger partial charge in [-0.15, -0.1) is 0 Å². The number of aromatic nitrogens is 1. The zero-order valence-corrected chi connectivity index (χ0v) is 8.87. The summed E-state index contributed by atoms with van der Waals surface area (Å²) in [7, 11) is 0. The van der Waals surface area contributed by atoms with Crippen LogP contribution in [0.2, 0.25) is 0 Å². The molecule has 0 unspecified atom stereocenters. The number of carbonyl (C=O) groups is 1. The smallest absolute Gasteiger partial charge is 0.241 e. The summed E-state index contributed by atoms with van der Waals surface area (Å²) in [6.45, 7) is 7.14. The molecular formula is C11H16N2O. The summed E-state index contributed by atoms with van der Waals surface area (Å²) in [4.78, 5) is 10.6. The maximum Gasteiger partial charge on any atom is 0.241 e. The molecule has 2 N–H and O–H groups in total. The fourth-order valence-corrected chi connectivity index (χ4v) is 1.65. The molecule has 0 fully saturated rings. The van der Waals surface area contributed by atoms with Gasteiger partial charge in [0.1, 0.15) is 0 Å². The van der Waals surface area contributed by atoms with Crippen molar-refractivity contribution in [3.8, 4) is 0 Å². The first-order valence-corrected chi connectivity index (χ1v) is 4.70. The summed E-state index contributed by atoms with van der Waals surface area (Å²) in [5.74, 6) is -0.411. The first-order valence-electron chi connectivity index (χ1n) is 4.70. The fourth-order valence-electron chi connectivity index (χ4n) is 1.65. The Morgan fingerprint density at radius 1 is 1.57 bits per heavy atom. The van der Waals surface area contributed by atoms with Crippen LogP contribution in [0.15, 0.2) is 12.1 Å². The second kappa shape index (κ2) is 4.13. The molecule has 1 heterocycles. The standard InChI is InChI=1S/C11H16N2O/c1-4-13-8(2)7-10(9(13)3)5-6-11(12)14/h5-7H,4H2,1-3H3,(H2,12,14)/b6-5-. The highest BCUT2D eigenvalue weighted by Gasteiger charge is 2.04. The largest absolute Gasteiger partial charge is 0.366 e. The summed E-state index contributed by atoms with van der Waals surface area (Å²) in [6, 6.07) is 2.05. The minimum Gasteiger partial charge on any atom is -0.366 e. The molecule has 0 aliphatic heterocycles. The van der Waals surface area contributed by atoms with E-state index in [9.17, 15) is 4.79 Å². The van der Waals surface area contributed by atoms with Crippen LogP contribution in [0.5, 0.6) is 0 Å². The van der Waals surface area contributed by atoms with Gasteiger partial charge < -0.3 is 10.3 Å². The molecule has 0 aliphatic rings. The van der Waals surface area contributed by atoms with Gasteiger partial charge in [0.15, 0.2) is 0 Å². The summed E-state index contributed by atoms with van der Waals surface area (Å²) < 4.78 is 2.20. The Morgan fingerprint density at radius 3 is 2.64 bits per heavy atom. The highest BCUT2D eigenvalue weighted by molar-refractivity contribution is 5.90. The lowest BCUT2D eigenvalue weighted by atomic mass is 10.2. The highest BCUT2D eigenvalue weighted by atomic mass is 16.1. The fraction of sp³-hybridized carbons (Fsp3) is 0.364. The van der Waals surface area contributed by atoms with Crippen molar-refractivity contribution in [3.63, 3.8) is 0 Å². The maximum absolute atomic E-state index is 10.6. The van der Waals surface area contributed by atoms with E-state index < -0.39 is 5.91 Å². The number of aryl methyl sites for hydroxylation is 1. The third kappa shape index (κ3) is 2.05. The van der Waals surface area contributed by atoms with E-state index in [1.165, 1.54) is 17.5 Å². The number of rotatable bonds is 3. The molecule has 1 rings (SSSR count). The van der Waals surface area contributed by atoms with Gasteiger partial charge in [0.2, 0.25) is 5.91 Å². The van der Waals surface area contributed by atoms with Crippen molar-refractivity contribution in [2.75, 3.05) is 0 Å². The average Bonchev–Trinajstić information content (AvgIpc) is 2.38. The quantitative estimate of drug-likeness (QED) is 0.727. The van der Waals surface area contributed by atoms with Gasteiger partial charge in [0, 0.05) is 24.0 Å². The van der Waals surface area contributed by atoms with E-state index in [0.717, 1.165) is 12.1 Å². The van der Waals surface area contributed by atoms with E-state index in [4.69, 9.17) is 5.73 Å². The summed E-state index contributed by atoms with van der Waals surface area (Å²) in [6.07, 6.45) is 3.15. The van der Waals surface area contributed by atoms with Crippen molar-refractivity contribution in [1.29, 1.82) is 0 Å².